The summed E-state index contributed by atoms with van der Waals surface area (Å²) in [4.78, 5) is 12.5. The molecule has 0 radical (unpaired) electrons. The molecule has 0 saturated carbocycles. The second kappa shape index (κ2) is 8.36. The Morgan fingerprint density at radius 1 is 1.12 bits per heavy atom. The molecule has 140 valence electrons. The summed E-state index contributed by atoms with van der Waals surface area (Å²) in [5.41, 5.74) is 3.56. The van der Waals surface area contributed by atoms with Gasteiger partial charge in [0, 0.05) is 0 Å². The molecule has 0 spiro atoms. The third-order valence-electron chi connectivity index (χ3n) is 4.28. The molecule has 1 amide bonds. The van der Waals surface area contributed by atoms with Crippen molar-refractivity contribution >= 4 is 21.6 Å². The van der Waals surface area contributed by atoms with E-state index in [1.165, 1.54) is 4.31 Å². The van der Waals surface area contributed by atoms with E-state index in [1.807, 2.05) is 57.2 Å². The van der Waals surface area contributed by atoms with Gasteiger partial charge in [-0.05, 0) is 37.5 Å². The molecule has 0 aromatic heterocycles. The Bertz CT molecular complexity index is 861. The number of benzene rings is 2. The van der Waals surface area contributed by atoms with Crippen molar-refractivity contribution in [2.75, 3.05) is 17.1 Å². The lowest BCUT2D eigenvalue weighted by molar-refractivity contribution is -0.120. The summed E-state index contributed by atoms with van der Waals surface area (Å²) in [6, 6.07) is 14.9. The zero-order chi connectivity index (χ0) is 19.3. The molecule has 5 nitrogen and oxygen atoms in total. The number of hydrogen-bond acceptors (Lipinski definition) is 3. The predicted molar refractivity (Wildman–Crippen MR) is 106 cm³/mol. The van der Waals surface area contributed by atoms with Crippen molar-refractivity contribution in [3.8, 4) is 0 Å². The fourth-order valence-corrected chi connectivity index (χ4v) is 3.68. The quantitative estimate of drug-likeness (QED) is 0.809. The van der Waals surface area contributed by atoms with Crippen molar-refractivity contribution in [1.82, 2.24) is 5.32 Å². The Hall–Kier alpha value is -2.34. The van der Waals surface area contributed by atoms with Crippen LogP contribution in [-0.2, 0) is 21.2 Å². The van der Waals surface area contributed by atoms with Crippen LogP contribution in [0.4, 0.5) is 5.69 Å². The highest BCUT2D eigenvalue weighted by Gasteiger charge is 2.23. The van der Waals surface area contributed by atoms with Crippen LogP contribution in [0, 0.1) is 6.92 Å². The molecular formula is C20H26N2O3S. The highest BCUT2D eigenvalue weighted by molar-refractivity contribution is 7.92. The van der Waals surface area contributed by atoms with Crippen LogP contribution in [0.5, 0.6) is 0 Å². The minimum Gasteiger partial charge on any atom is -0.348 e. The van der Waals surface area contributed by atoms with E-state index < -0.39 is 10.0 Å². The minimum absolute atomic E-state index is 0.203. The SMILES string of the molecule is CCc1ccccc1N(CC(=O)N[C@@H](C)c1ccc(C)cc1)S(C)(=O)=O. The van der Waals surface area contributed by atoms with Crippen molar-refractivity contribution in [2.24, 2.45) is 0 Å². The van der Waals surface area contributed by atoms with Crippen molar-refractivity contribution < 1.29 is 13.2 Å². The summed E-state index contributed by atoms with van der Waals surface area (Å²) in [6.45, 7) is 5.60. The fraction of sp³-hybridized carbons (Fsp3) is 0.350. The van der Waals surface area contributed by atoms with Gasteiger partial charge >= 0.3 is 0 Å². The van der Waals surface area contributed by atoms with Crippen LogP contribution in [0.15, 0.2) is 48.5 Å². The van der Waals surface area contributed by atoms with E-state index in [0.717, 1.165) is 22.9 Å². The number of hydrogen-bond donors (Lipinski definition) is 1. The number of amides is 1. The maximum atomic E-state index is 12.5. The summed E-state index contributed by atoms with van der Waals surface area (Å²) in [7, 11) is -3.58. The molecule has 26 heavy (non-hydrogen) atoms. The first-order chi connectivity index (χ1) is 12.2. The number of nitrogens with zero attached hydrogens (tertiary/aromatic N) is 1. The van der Waals surface area contributed by atoms with E-state index in [-0.39, 0.29) is 18.5 Å². The molecule has 2 rings (SSSR count). The van der Waals surface area contributed by atoms with Gasteiger partial charge in [0.1, 0.15) is 6.54 Å². The number of sulfonamides is 1. The molecular weight excluding hydrogens is 348 g/mol. The van der Waals surface area contributed by atoms with Gasteiger partial charge < -0.3 is 5.32 Å². The molecule has 0 aliphatic rings. The van der Waals surface area contributed by atoms with Gasteiger partial charge in [0.2, 0.25) is 15.9 Å². The average molecular weight is 375 g/mol. The molecule has 0 unspecified atom stereocenters. The van der Waals surface area contributed by atoms with Gasteiger partial charge in [-0.1, -0.05) is 55.0 Å². The molecule has 0 saturated heterocycles. The van der Waals surface area contributed by atoms with Crippen LogP contribution in [0.3, 0.4) is 0 Å². The van der Waals surface area contributed by atoms with E-state index in [4.69, 9.17) is 0 Å². The lowest BCUT2D eigenvalue weighted by atomic mass is 10.1. The van der Waals surface area contributed by atoms with Crippen molar-refractivity contribution in [2.45, 2.75) is 33.2 Å². The standard InChI is InChI=1S/C20H26N2O3S/c1-5-17-8-6-7-9-19(17)22(26(4,24)25)14-20(23)21-16(3)18-12-10-15(2)11-13-18/h6-13,16H,5,14H2,1-4H3,(H,21,23)/t16-/m0/s1. The smallest absolute Gasteiger partial charge is 0.241 e. The molecule has 0 bridgehead atoms. The molecule has 0 heterocycles. The summed E-state index contributed by atoms with van der Waals surface area (Å²) >= 11 is 0. The lowest BCUT2D eigenvalue weighted by Crippen LogP contribution is -2.41. The zero-order valence-corrected chi connectivity index (χ0v) is 16.5. The first-order valence-electron chi connectivity index (χ1n) is 8.64. The van der Waals surface area contributed by atoms with E-state index in [9.17, 15) is 13.2 Å². The summed E-state index contributed by atoms with van der Waals surface area (Å²) < 4.78 is 25.7. The number of carbonyl (C=O) groups excluding carboxylic acids is 1. The maximum absolute atomic E-state index is 12.5. The van der Waals surface area contributed by atoms with E-state index >= 15 is 0 Å². The summed E-state index contributed by atoms with van der Waals surface area (Å²) in [5.74, 6) is -0.339. The van der Waals surface area contributed by atoms with Crippen LogP contribution < -0.4 is 9.62 Å². The Labute approximate surface area is 156 Å². The van der Waals surface area contributed by atoms with Crippen LogP contribution >= 0.6 is 0 Å². The van der Waals surface area contributed by atoms with E-state index in [2.05, 4.69) is 5.32 Å². The molecule has 0 aliphatic heterocycles. The van der Waals surface area contributed by atoms with Crippen molar-refractivity contribution in [3.63, 3.8) is 0 Å². The molecule has 0 aliphatic carbocycles. The average Bonchev–Trinajstić information content (AvgIpc) is 2.59. The van der Waals surface area contributed by atoms with Crippen LogP contribution in [0.2, 0.25) is 0 Å². The topological polar surface area (TPSA) is 66.5 Å². The van der Waals surface area contributed by atoms with Gasteiger partial charge in [0.15, 0.2) is 0 Å². The second-order valence-electron chi connectivity index (χ2n) is 6.45. The third kappa shape index (κ3) is 5.08. The Morgan fingerprint density at radius 2 is 1.73 bits per heavy atom. The van der Waals surface area contributed by atoms with Gasteiger partial charge in [-0.3, -0.25) is 9.10 Å². The molecule has 2 aromatic carbocycles. The molecule has 2 aromatic rings. The van der Waals surface area contributed by atoms with Gasteiger partial charge in [-0.15, -0.1) is 0 Å². The summed E-state index contributed by atoms with van der Waals surface area (Å²) in [5, 5.41) is 2.88. The predicted octanol–water partition coefficient (Wildman–Crippen LogP) is 3.20. The van der Waals surface area contributed by atoms with Crippen LogP contribution in [0.25, 0.3) is 0 Å². The number of para-hydroxylation sites is 1. The van der Waals surface area contributed by atoms with Crippen LogP contribution in [-0.4, -0.2) is 27.1 Å². The van der Waals surface area contributed by atoms with Gasteiger partial charge in [0.25, 0.3) is 0 Å². The van der Waals surface area contributed by atoms with Gasteiger partial charge in [-0.2, -0.15) is 0 Å². The highest BCUT2D eigenvalue weighted by Crippen LogP contribution is 2.23. The molecule has 1 N–H and O–H groups in total. The van der Waals surface area contributed by atoms with Crippen molar-refractivity contribution in [3.05, 3.63) is 65.2 Å². The largest absolute Gasteiger partial charge is 0.348 e. The number of carbonyl (C=O) groups is 1. The Balaban J connectivity index is 2.18. The maximum Gasteiger partial charge on any atom is 0.241 e. The second-order valence-corrected chi connectivity index (χ2v) is 8.36. The summed E-state index contributed by atoms with van der Waals surface area (Å²) in [6.07, 6.45) is 1.81. The number of rotatable bonds is 7. The number of anilines is 1. The normalized spacial score (nSPS) is 12.5. The van der Waals surface area contributed by atoms with E-state index in [0.29, 0.717) is 12.1 Å². The Kier molecular flexibility index (Phi) is 6.42. The first kappa shape index (κ1) is 20.0. The molecule has 1 atom stereocenters. The van der Waals surface area contributed by atoms with E-state index in [1.54, 1.807) is 12.1 Å². The van der Waals surface area contributed by atoms with Crippen LogP contribution in [0.1, 0.15) is 36.6 Å². The minimum atomic E-state index is -3.58. The highest BCUT2D eigenvalue weighted by atomic mass is 32.2. The first-order valence-corrected chi connectivity index (χ1v) is 10.5. The van der Waals surface area contributed by atoms with Crippen molar-refractivity contribution in [1.29, 1.82) is 0 Å². The fourth-order valence-electron chi connectivity index (χ4n) is 2.79. The number of nitrogens with one attached hydrogen (secondary N) is 1. The lowest BCUT2D eigenvalue weighted by Gasteiger charge is -2.25. The molecule has 6 heteroatoms. The number of aryl methyl sites for hydroxylation is 2. The zero-order valence-electron chi connectivity index (χ0n) is 15.7. The molecule has 0 fully saturated rings. The third-order valence-corrected chi connectivity index (χ3v) is 5.41. The Morgan fingerprint density at radius 3 is 2.31 bits per heavy atom. The van der Waals surface area contributed by atoms with Gasteiger partial charge in [0.05, 0.1) is 18.0 Å². The monoisotopic (exact) mass is 374 g/mol. The van der Waals surface area contributed by atoms with Gasteiger partial charge in [-0.25, -0.2) is 8.42 Å².